The topological polar surface area (TPSA) is 93.8 Å². The summed E-state index contributed by atoms with van der Waals surface area (Å²) in [6, 6.07) is 5.69. The number of pyridine rings is 1. The Hall–Kier alpha value is -2.91. The van der Waals surface area contributed by atoms with E-state index in [9.17, 15) is 4.79 Å². The average molecular weight is 383 g/mol. The van der Waals surface area contributed by atoms with Crippen molar-refractivity contribution >= 4 is 33.7 Å². The van der Waals surface area contributed by atoms with Crippen LogP contribution in [0.1, 0.15) is 12.3 Å². The number of amides is 1. The molecule has 0 saturated carbocycles. The summed E-state index contributed by atoms with van der Waals surface area (Å²) in [5.41, 5.74) is 2.59. The van der Waals surface area contributed by atoms with E-state index >= 15 is 0 Å². The molecule has 0 aliphatic rings. The number of anilines is 1. The molecule has 7 nitrogen and oxygen atoms in total. The molecule has 9 heteroatoms. The molecule has 4 heterocycles. The molecule has 1 amide bonds. The van der Waals surface area contributed by atoms with Crippen LogP contribution < -0.4 is 5.32 Å². The van der Waals surface area contributed by atoms with Gasteiger partial charge in [0.2, 0.25) is 17.7 Å². The monoisotopic (exact) mass is 383 g/mol. The van der Waals surface area contributed by atoms with Crippen molar-refractivity contribution in [2.45, 2.75) is 12.8 Å². The molecule has 0 aromatic carbocycles. The zero-order chi connectivity index (χ0) is 17.8. The van der Waals surface area contributed by atoms with Gasteiger partial charge in [-0.15, -0.1) is 21.5 Å². The number of carbonyl (C=O) groups excluding carboxylic acids is 1. The molecule has 0 saturated heterocycles. The van der Waals surface area contributed by atoms with Crippen molar-refractivity contribution in [3.8, 4) is 22.7 Å². The van der Waals surface area contributed by atoms with Crippen LogP contribution >= 0.6 is 22.7 Å². The second-order valence-electron chi connectivity index (χ2n) is 5.34. The Morgan fingerprint density at radius 1 is 1.19 bits per heavy atom. The predicted molar refractivity (Wildman–Crippen MR) is 99.9 cm³/mol. The fourth-order valence-corrected chi connectivity index (χ4v) is 3.60. The maximum absolute atomic E-state index is 12.1. The number of nitrogens with zero attached hydrogens (tertiary/aromatic N) is 4. The molecular formula is C17H13N5O2S2. The van der Waals surface area contributed by atoms with Crippen LogP contribution in [0.15, 0.2) is 51.2 Å². The molecule has 0 spiro atoms. The van der Waals surface area contributed by atoms with Gasteiger partial charge < -0.3 is 9.73 Å². The van der Waals surface area contributed by atoms with Gasteiger partial charge in [-0.3, -0.25) is 9.78 Å². The van der Waals surface area contributed by atoms with Crippen molar-refractivity contribution in [2.75, 3.05) is 5.32 Å². The van der Waals surface area contributed by atoms with Gasteiger partial charge in [-0.25, -0.2) is 4.98 Å². The summed E-state index contributed by atoms with van der Waals surface area (Å²) >= 11 is 2.94. The first-order chi connectivity index (χ1) is 12.8. The fourth-order valence-electron chi connectivity index (χ4n) is 2.24. The fraction of sp³-hybridized carbons (Fsp3) is 0.118. The van der Waals surface area contributed by atoms with Crippen molar-refractivity contribution < 1.29 is 9.21 Å². The molecule has 0 aliphatic heterocycles. The minimum Gasteiger partial charge on any atom is -0.421 e. The summed E-state index contributed by atoms with van der Waals surface area (Å²) in [6.07, 6.45) is 4.07. The van der Waals surface area contributed by atoms with Crippen molar-refractivity contribution in [2.24, 2.45) is 0 Å². The highest BCUT2D eigenvalue weighted by molar-refractivity contribution is 7.14. The van der Waals surface area contributed by atoms with Crippen molar-refractivity contribution in [3.05, 3.63) is 52.6 Å². The number of hydrogen-bond acceptors (Lipinski definition) is 8. The lowest BCUT2D eigenvalue weighted by Crippen LogP contribution is -2.12. The van der Waals surface area contributed by atoms with Crippen LogP contribution in [0.2, 0.25) is 0 Å². The van der Waals surface area contributed by atoms with E-state index in [0.29, 0.717) is 23.3 Å². The average Bonchev–Trinajstić information content (AvgIpc) is 3.41. The molecule has 0 atom stereocenters. The molecule has 4 rings (SSSR count). The molecule has 4 aromatic heterocycles. The van der Waals surface area contributed by atoms with Crippen molar-refractivity contribution in [1.82, 2.24) is 20.2 Å². The summed E-state index contributed by atoms with van der Waals surface area (Å²) in [5, 5.41) is 17.1. The lowest BCUT2D eigenvalue weighted by molar-refractivity contribution is -0.116. The lowest BCUT2D eigenvalue weighted by atomic mass is 10.2. The number of nitrogens with one attached hydrogen (secondary N) is 1. The number of hydrogen-bond donors (Lipinski definition) is 1. The number of carbonyl (C=O) groups is 1. The largest absolute Gasteiger partial charge is 0.421 e. The Bertz CT molecular complexity index is 995. The number of aryl methyl sites for hydroxylation is 1. The van der Waals surface area contributed by atoms with Gasteiger partial charge in [-0.1, -0.05) is 0 Å². The Labute approximate surface area is 156 Å². The normalized spacial score (nSPS) is 10.8. The highest BCUT2D eigenvalue weighted by Crippen LogP contribution is 2.24. The number of thiophene rings is 1. The SMILES string of the molecule is O=C(CCc1nnc(-c2ccsc2)o1)Nc1nc(-c2cccnc2)cs1. The first-order valence-corrected chi connectivity index (χ1v) is 9.61. The quantitative estimate of drug-likeness (QED) is 0.543. The van der Waals surface area contributed by atoms with Gasteiger partial charge in [-0.2, -0.15) is 11.3 Å². The minimum atomic E-state index is -0.146. The Balaban J connectivity index is 1.33. The van der Waals surface area contributed by atoms with E-state index in [1.54, 1.807) is 23.7 Å². The van der Waals surface area contributed by atoms with E-state index < -0.39 is 0 Å². The van der Waals surface area contributed by atoms with Gasteiger partial charge in [0.05, 0.1) is 5.69 Å². The van der Waals surface area contributed by atoms with Crippen LogP contribution in [0.25, 0.3) is 22.7 Å². The number of thiazole rings is 1. The number of aromatic nitrogens is 4. The van der Waals surface area contributed by atoms with Gasteiger partial charge in [0.15, 0.2) is 5.13 Å². The zero-order valence-corrected chi connectivity index (χ0v) is 15.1. The Kier molecular flexibility index (Phi) is 4.80. The van der Waals surface area contributed by atoms with Crippen LogP contribution in [0.4, 0.5) is 5.13 Å². The van der Waals surface area contributed by atoms with Gasteiger partial charge >= 0.3 is 0 Å². The summed E-state index contributed by atoms with van der Waals surface area (Å²) in [7, 11) is 0. The van der Waals surface area contributed by atoms with Crippen LogP contribution in [0.5, 0.6) is 0 Å². The van der Waals surface area contributed by atoms with E-state index in [4.69, 9.17) is 4.42 Å². The Morgan fingerprint density at radius 2 is 2.15 bits per heavy atom. The molecule has 4 aromatic rings. The summed E-state index contributed by atoms with van der Waals surface area (Å²) < 4.78 is 5.58. The summed E-state index contributed by atoms with van der Waals surface area (Å²) in [6.45, 7) is 0. The molecule has 130 valence electrons. The predicted octanol–water partition coefficient (Wildman–Crippen LogP) is 3.89. The second kappa shape index (κ2) is 7.54. The third kappa shape index (κ3) is 3.84. The molecule has 0 bridgehead atoms. The highest BCUT2D eigenvalue weighted by atomic mass is 32.1. The van der Waals surface area contributed by atoms with Crippen LogP contribution in [0.3, 0.4) is 0 Å². The van der Waals surface area contributed by atoms with E-state index in [1.165, 1.54) is 11.3 Å². The minimum absolute atomic E-state index is 0.146. The van der Waals surface area contributed by atoms with Crippen molar-refractivity contribution in [1.29, 1.82) is 0 Å². The van der Waals surface area contributed by atoms with Crippen LogP contribution in [-0.4, -0.2) is 26.1 Å². The standard InChI is InChI=1S/C17H13N5O2S2/c23-14(3-4-15-21-22-16(24-15)12-5-7-25-9-12)20-17-19-13(10-26-17)11-2-1-6-18-8-11/h1-2,5-10H,3-4H2,(H,19,20,23). The zero-order valence-electron chi connectivity index (χ0n) is 13.5. The molecule has 0 aliphatic carbocycles. The summed E-state index contributed by atoms with van der Waals surface area (Å²) in [4.78, 5) is 20.6. The highest BCUT2D eigenvalue weighted by Gasteiger charge is 2.12. The molecular weight excluding hydrogens is 370 g/mol. The van der Waals surface area contributed by atoms with Crippen molar-refractivity contribution in [3.63, 3.8) is 0 Å². The molecule has 0 radical (unpaired) electrons. The molecule has 26 heavy (non-hydrogen) atoms. The smallest absolute Gasteiger partial charge is 0.248 e. The molecule has 1 N–H and O–H groups in total. The maximum Gasteiger partial charge on any atom is 0.248 e. The molecule has 0 unspecified atom stereocenters. The third-order valence-corrected chi connectivity index (χ3v) is 4.95. The lowest BCUT2D eigenvalue weighted by Gasteiger charge is -1.99. The van der Waals surface area contributed by atoms with Gasteiger partial charge in [0, 0.05) is 47.1 Å². The molecule has 0 fully saturated rings. The van der Waals surface area contributed by atoms with Gasteiger partial charge in [0.1, 0.15) is 0 Å². The van der Waals surface area contributed by atoms with E-state index in [-0.39, 0.29) is 12.3 Å². The van der Waals surface area contributed by atoms with E-state index in [1.807, 2.05) is 34.3 Å². The number of rotatable bonds is 6. The summed E-state index contributed by atoms with van der Waals surface area (Å²) in [5.74, 6) is 0.770. The van der Waals surface area contributed by atoms with Gasteiger partial charge in [-0.05, 0) is 23.6 Å². The van der Waals surface area contributed by atoms with Crippen LogP contribution in [-0.2, 0) is 11.2 Å². The van der Waals surface area contributed by atoms with E-state index in [2.05, 4.69) is 25.5 Å². The maximum atomic E-state index is 12.1. The first kappa shape index (κ1) is 16.6. The first-order valence-electron chi connectivity index (χ1n) is 7.78. The second-order valence-corrected chi connectivity index (χ2v) is 6.98. The van der Waals surface area contributed by atoms with Crippen LogP contribution in [0, 0.1) is 0 Å². The van der Waals surface area contributed by atoms with Gasteiger partial charge in [0.25, 0.3) is 0 Å². The Morgan fingerprint density at radius 3 is 2.96 bits per heavy atom. The third-order valence-electron chi connectivity index (χ3n) is 3.51. The van der Waals surface area contributed by atoms with E-state index in [0.717, 1.165) is 16.8 Å².